The molecule has 5 rings (SSSR count). The second-order valence-corrected chi connectivity index (χ2v) is 10.7. The van der Waals surface area contributed by atoms with Crippen LogP contribution >= 0.6 is 11.3 Å². The van der Waals surface area contributed by atoms with Gasteiger partial charge in [-0.3, -0.25) is 9.59 Å². The minimum atomic E-state index is -0.0793. The quantitative estimate of drug-likeness (QED) is 0.379. The molecule has 198 valence electrons. The Hall–Kier alpha value is -3.65. The standard InChI is InChI=1S/C30H33N3O4S/c1-36-25-17-22(13-14-24(25)37-20-27(34)33-15-7-8-16-33)19-32-30-28(23-11-5-6-12-26(23)38-30)29(35)31-18-21-9-3-2-4-10-21/h2-4,9-10,13-14,17,19H,5-8,11-12,15-16,18,20H2,1H3,(H,31,35). The summed E-state index contributed by atoms with van der Waals surface area (Å²) in [4.78, 5) is 33.5. The van der Waals surface area contributed by atoms with Gasteiger partial charge < -0.3 is 19.7 Å². The summed E-state index contributed by atoms with van der Waals surface area (Å²) in [5, 5.41) is 3.82. The molecule has 2 amide bonds. The van der Waals surface area contributed by atoms with Gasteiger partial charge in [0.05, 0.1) is 12.7 Å². The van der Waals surface area contributed by atoms with Crippen LogP contribution in [0.5, 0.6) is 11.5 Å². The molecule has 7 nitrogen and oxygen atoms in total. The van der Waals surface area contributed by atoms with E-state index in [9.17, 15) is 9.59 Å². The zero-order chi connectivity index (χ0) is 26.3. The second kappa shape index (κ2) is 12.3. The first-order valence-electron chi connectivity index (χ1n) is 13.2. The molecule has 2 aliphatic rings. The average molecular weight is 532 g/mol. The van der Waals surface area contributed by atoms with Crippen LogP contribution in [0, 0.1) is 0 Å². The Kier molecular flexibility index (Phi) is 8.38. The maximum atomic E-state index is 13.3. The number of amides is 2. The van der Waals surface area contributed by atoms with Crippen molar-refractivity contribution in [1.82, 2.24) is 10.2 Å². The number of rotatable bonds is 9. The number of fused-ring (bicyclic) bond motifs is 1. The van der Waals surface area contributed by atoms with Gasteiger partial charge in [0.2, 0.25) is 0 Å². The molecule has 1 N–H and O–H groups in total. The second-order valence-electron chi connectivity index (χ2n) is 9.60. The van der Waals surface area contributed by atoms with Gasteiger partial charge >= 0.3 is 0 Å². The van der Waals surface area contributed by atoms with Gasteiger partial charge in [0, 0.05) is 30.7 Å². The summed E-state index contributed by atoms with van der Waals surface area (Å²) < 4.78 is 11.3. The number of aryl methyl sites for hydroxylation is 1. The number of carbonyl (C=O) groups excluding carboxylic acids is 2. The van der Waals surface area contributed by atoms with Crippen LogP contribution in [-0.2, 0) is 24.2 Å². The first-order chi connectivity index (χ1) is 18.6. The number of hydrogen-bond acceptors (Lipinski definition) is 6. The zero-order valence-corrected chi connectivity index (χ0v) is 22.5. The summed E-state index contributed by atoms with van der Waals surface area (Å²) in [5.74, 6) is 0.971. The zero-order valence-electron chi connectivity index (χ0n) is 21.7. The highest BCUT2D eigenvalue weighted by molar-refractivity contribution is 7.16. The first-order valence-corrected chi connectivity index (χ1v) is 14.0. The third kappa shape index (κ3) is 6.07. The van der Waals surface area contributed by atoms with Gasteiger partial charge in [0.15, 0.2) is 18.1 Å². The van der Waals surface area contributed by atoms with Crippen LogP contribution in [0.15, 0.2) is 53.5 Å². The molecule has 1 saturated heterocycles. The number of ether oxygens (including phenoxy) is 2. The van der Waals surface area contributed by atoms with E-state index in [0.717, 1.165) is 73.3 Å². The lowest BCUT2D eigenvalue weighted by molar-refractivity contribution is -0.132. The molecular formula is C30H33N3O4S. The average Bonchev–Trinajstić information content (AvgIpc) is 3.63. The summed E-state index contributed by atoms with van der Waals surface area (Å²) in [6, 6.07) is 15.4. The van der Waals surface area contributed by atoms with Gasteiger partial charge in [-0.25, -0.2) is 4.99 Å². The van der Waals surface area contributed by atoms with Crippen molar-refractivity contribution in [2.75, 3.05) is 26.8 Å². The number of benzene rings is 2. The predicted molar refractivity (Wildman–Crippen MR) is 150 cm³/mol. The molecule has 0 atom stereocenters. The van der Waals surface area contributed by atoms with Crippen molar-refractivity contribution >= 4 is 34.4 Å². The Balaban J connectivity index is 1.31. The van der Waals surface area contributed by atoms with E-state index < -0.39 is 0 Å². The molecule has 38 heavy (non-hydrogen) atoms. The topological polar surface area (TPSA) is 80.2 Å². The number of nitrogens with zero attached hydrogens (tertiary/aromatic N) is 2. The smallest absolute Gasteiger partial charge is 0.260 e. The van der Waals surface area contributed by atoms with E-state index in [0.29, 0.717) is 23.6 Å². The van der Waals surface area contributed by atoms with Crippen LogP contribution in [0.2, 0.25) is 0 Å². The van der Waals surface area contributed by atoms with Crippen molar-refractivity contribution < 1.29 is 19.1 Å². The normalized spacial score (nSPS) is 14.9. The molecule has 0 bridgehead atoms. The molecule has 1 aliphatic carbocycles. The summed E-state index contributed by atoms with van der Waals surface area (Å²) in [6.45, 7) is 2.07. The highest BCUT2D eigenvalue weighted by Gasteiger charge is 2.25. The van der Waals surface area contributed by atoms with Gasteiger partial charge in [0.1, 0.15) is 5.00 Å². The van der Waals surface area contributed by atoms with Crippen LogP contribution in [0.25, 0.3) is 0 Å². The van der Waals surface area contributed by atoms with Crippen molar-refractivity contribution in [1.29, 1.82) is 0 Å². The van der Waals surface area contributed by atoms with E-state index in [1.165, 1.54) is 4.88 Å². The number of methoxy groups -OCH3 is 1. The fourth-order valence-corrected chi connectivity index (χ4v) is 6.19. The third-order valence-corrected chi connectivity index (χ3v) is 8.20. The van der Waals surface area contributed by atoms with Crippen molar-refractivity contribution in [3.8, 4) is 11.5 Å². The molecule has 2 heterocycles. The summed E-state index contributed by atoms with van der Waals surface area (Å²) in [5.41, 5.74) is 3.72. The lowest BCUT2D eigenvalue weighted by Crippen LogP contribution is -2.32. The van der Waals surface area contributed by atoms with E-state index >= 15 is 0 Å². The van der Waals surface area contributed by atoms with Crippen molar-refractivity contribution in [2.24, 2.45) is 4.99 Å². The number of aliphatic imine (C=N–C) groups is 1. The van der Waals surface area contributed by atoms with Gasteiger partial charge in [-0.15, -0.1) is 11.3 Å². The summed E-state index contributed by atoms with van der Waals surface area (Å²) in [6.07, 6.45) is 7.98. The molecule has 2 aromatic carbocycles. The van der Waals surface area contributed by atoms with Gasteiger partial charge in [-0.05, 0) is 73.4 Å². The Labute approximate surface area is 227 Å². The van der Waals surface area contributed by atoms with Crippen LogP contribution in [0.1, 0.15) is 57.6 Å². The first kappa shape index (κ1) is 26.0. The number of carbonyl (C=O) groups is 2. The lowest BCUT2D eigenvalue weighted by atomic mass is 9.95. The summed E-state index contributed by atoms with van der Waals surface area (Å²) >= 11 is 1.61. The van der Waals surface area contributed by atoms with Crippen molar-refractivity contribution in [2.45, 2.75) is 45.1 Å². The van der Waals surface area contributed by atoms with Crippen LogP contribution in [0.4, 0.5) is 5.00 Å². The lowest BCUT2D eigenvalue weighted by Gasteiger charge is -2.16. The van der Waals surface area contributed by atoms with Crippen LogP contribution in [0.3, 0.4) is 0 Å². The molecule has 0 radical (unpaired) electrons. The molecule has 1 aromatic heterocycles. The Morgan fingerprint density at radius 3 is 2.61 bits per heavy atom. The molecule has 3 aromatic rings. The third-order valence-electron chi connectivity index (χ3n) is 7.00. The maximum absolute atomic E-state index is 13.3. The van der Waals surface area contributed by atoms with Crippen molar-refractivity contribution in [3.05, 3.63) is 75.7 Å². The van der Waals surface area contributed by atoms with E-state index in [2.05, 4.69) is 5.32 Å². The number of nitrogens with one attached hydrogen (secondary N) is 1. The Bertz CT molecular complexity index is 1310. The van der Waals surface area contributed by atoms with Gasteiger partial charge in [0.25, 0.3) is 11.8 Å². The van der Waals surface area contributed by atoms with E-state index in [1.807, 2.05) is 47.4 Å². The molecule has 1 aliphatic heterocycles. The molecule has 0 saturated carbocycles. The van der Waals surface area contributed by atoms with E-state index in [1.54, 1.807) is 30.7 Å². The summed E-state index contributed by atoms with van der Waals surface area (Å²) in [7, 11) is 1.58. The monoisotopic (exact) mass is 531 g/mol. The van der Waals surface area contributed by atoms with Crippen LogP contribution in [-0.4, -0.2) is 49.7 Å². The predicted octanol–water partition coefficient (Wildman–Crippen LogP) is 5.32. The number of thiophene rings is 1. The van der Waals surface area contributed by atoms with E-state index in [4.69, 9.17) is 14.5 Å². The Morgan fingerprint density at radius 1 is 1.03 bits per heavy atom. The SMILES string of the molecule is COc1cc(C=Nc2sc3c(c2C(=O)NCc2ccccc2)CCCC3)ccc1OCC(=O)N1CCCC1. The fraction of sp³-hybridized carbons (Fsp3) is 0.367. The molecule has 0 spiro atoms. The largest absolute Gasteiger partial charge is 0.493 e. The number of hydrogen-bond donors (Lipinski definition) is 1. The fourth-order valence-electron chi connectivity index (χ4n) is 4.96. The highest BCUT2D eigenvalue weighted by Crippen LogP contribution is 2.40. The molecule has 0 unspecified atom stereocenters. The maximum Gasteiger partial charge on any atom is 0.260 e. The molecular weight excluding hydrogens is 498 g/mol. The molecule has 1 fully saturated rings. The van der Waals surface area contributed by atoms with Crippen molar-refractivity contribution in [3.63, 3.8) is 0 Å². The van der Waals surface area contributed by atoms with Gasteiger partial charge in [-0.2, -0.15) is 0 Å². The number of likely N-dealkylation sites (tertiary alicyclic amines) is 1. The highest BCUT2D eigenvalue weighted by atomic mass is 32.1. The van der Waals surface area contributed by atoms with E-state index in [-0.39, 0.29) is 18.4 Å². The van der Waals surface area contributed by atoms with Gasteiger partial charge in [-0.1, -0.05) is 30.3 Å². The molecule has 8 heteroatoms. The minimum Gasteiger partial charge on any atom is -0.493 e. The van der Waals surface area contributed by atoms with Crippen LogP contribution < -0.4 is 14.8 Å². The minimum absolute atomic E-state index is 0.00470. The Morgan fingerprint density at radius 2 is 1.82 bits per heavy atom.